The summed E-state index contributed by atoms with van der Waals surface area (Å²) in [4.78, 5) is 14.4. The van der Waals surface area contributed by atoms with Gasteiger partial charge in [0.2, 0.25) is 0 Å². The Morgan fingerprint density at radius 1 is 1.21 bits per heavy atom. The predicted octanol–water partition coefficient (Wildman–Crippen LogP) is 4.33. The largest absolute Gasteiger partial charge is 0.470 e. The Balaban J connectivity index is 1.65. The van der Waals surface area contributed by atoms with E-state index in [1.165, 1.54) is 4.68 Å². The molecule has 0 atom stereocenters. The van der Waals surface area contributed by atoms with Crippen molar-refractivity contribution in [1.29, 1.82) is 0 Å². The molecular weight excluding hydrogens is 413 g/mol. The topological polar surface area (TPSA) is 65.2 Å². The summed E-state index contributed by atoms with van der Waals surface area (Å²) >= 11 is 12.1. The summed E-state index contributed by atoms with van der Waals surface area (Å²) in [5.41, 5.74) is 3.40. The number of aromatic nitrogens is 4. The molecule has 29 heavy (non-hydrogen) atoms. The van der Waals surface area contributed by atoms with Crippen molar-refractivity contribution in [1.82, 2.24) is 24.5 Å². The number of halogens is 2. The SMILES string of the molecule is CCn1nc(C)c(CN(C)C(=O)c2ccn(COc3cccc(Cl)c3Cl)n2)c1C. The van der Waals surface area contributed by atoms with Gasteiger partial charge in [-0.2, -0.15) is 10.2 Å². The minimum Gasteiger partial charge on any atom is -0.470 e. The number of carbonyl (C=O) groups is 1. The number of amides is 1. The monoisotopic (exact) mass is 435 g/mol. The van der Waals surface area contributed by atoms with Crippen molar-refractivity contribution in [2.75, 3.05) is 7.05 Å². The van der Waals surface area contributed by atoms with Crippen LogP contribution in [0.4, 0.5) is 0 Å². The highest BCUT2D eigenvalue weighted by Crippen LogP contribution is 2.31. The van der Waals surface area contributed by atoms with Gasteiger partial charge < -0.3 is 9.64 Å². The van der Waals surface area contributed by atoms with Gasteiger partial charge in [0, 0.05) is 37.6 Å². The molecule has 0 aliphatic carbocycles. The van der Waals surface area contributed by atoms with E-state index in [-0.39, 0.29) is 12.6 Å². The Morgan fingerprint density at radius 3 is 2.66 bits per heavy atom. The highest BCUT2D eigenvalue weighted by Gasteiger charge is 2.19. The number of hydrogen-bond donors (Lipinski definition) is 0. The van der Waals surface area contributed by atoms with E-state index in [0.717, 1.165) is 23.5 Å². The van der Waals surface area contributed by atoms with Crippen LogP contribution in [0.25, 0.3) is 0 Å². The summed E-state index contributed by atoms with van der Waals surface area (Å²) in [5.74, 6) is 0.283. The Hall–Kier alpha value is -2.51. The summed E-state index contributed by atoms with van der Waals surface area (Å²) in [5, 5.41) is 9.58. The van der Waals surface area contributed by atoms with E-state index in [2.05, 4.69) is 10.2 Å². The van der Waals surface area contributed by atoms with E-state index in [4.69, 9.17) is 27.9 Å². The average Bonchev–Trinajstić information content (AvgIpc) is 3.28. The Morgan fingerprint density at radius 2 is 1.97 bits per heavy atom. The molecule has 0 spiro atoms. The van der Waals surface area contributed by atoms with Gasteiger partial charge in [0.25, 0.3) is 5.91 Å². The molecule has 1 aromatic carbocycles. The van der Waals surface area contributed by atoms with E-state index in [0.29, 0.717) is 28.0 Å². The first kappa shape index (κ1) is 21.2. The number of ether oxygens (including phenoxy) is 1. The normalized spacial score (nSPS) is 11.0. The van der Waals surface area contributed by atoms with Gasteiger partial charge in [-0.1, -0.05) is 29.3 Å². The standard InChI is InChI=1S/C20H23Cl2N5O2/c1-5-27-14(3)15(13(2)23-27)11-25(4)20(28)17-9-10-26(24-17)12-29-18-8-6-7-16(21)19(18)22/h6-10H,5,11-12H2,1-4H3. The molecule has 0 fully saturated rings. The van der Waals surface area contributed by atoms with Crippen molar-refractivity contribution < 1.29 is 9.53 Å². The molecule has 2 aromatic heterocycles. The molecule has 1 amide bonds. The maximum absolute atomic E-state index is 12.8. The Labute approximate surface area is 179 Å². The minimum atomic E-state index is -0.174. The van der Waals surface area contributed by atoms with E-state index in [1.807, 2.05) is 25.5 Å². The van der Waals surface area contributed by atoms with Gasteiger partial charge >= 0.3 is 0 Å². The molecule has 0 aliphatic heterocycles. The Bertz CT molecular complexity index is 1030. The quantitative estimate of drug-likeness (QED) is 0.553. The van der Waals surface area contributed by atoms with Crippen molar-refractivity contribution in [2.45, 2.75) is 40.6 Å². The first-order valence-corrected chi connectivity index (χ1v) is 9.96. The van der Waals surface area contributed by atoms with E-state index >= 15 is 0 Å². The Kier molecular flexibility index (Phi) is 6.49. The molecule has 3 rings (SSSR count). The van der Waals surface area contributed by atoms with Crippen molar-refractivity contribution in [3.8, 4) is 5.75 Å². The maximum Gasteiger partial charge on any atom is 0.274 e. The van der Waals surface area contributed by atoms with Gasteiger partial charge in [-0.3, -0.25) is 9.48 Å². The third-order valence-corrected chi connectivity index (χ3v) is 5.50. The first-order valence-electron chi connectivity index (χ1n) is 9.20. The second kappa shape index (κ2) is 8.88. The lowest BCUT2D eigenvalue weighted by Gasteiger charge is -2.16. The molecule has 0 radical (unpaired) electrons. The summed E-state index contributed by atoms with van der Waals surface area (Å²) in [6.45, 7) is 7.40. The smallest absolute Gasteiger partial charge is 0.274 e. The number of benzene rings is 1. The van der Waals surface area contributed by atoms with Gasteiger partial charge in [-0.25, -0.2) is 4.68 Å². The second-order valence-electron chi connectivity index (χ2n) is 6.69. The lowest BCUT2D eigenvalue weighted by Crippen LogP contribution is -2.27. The summed E-state index contributed by atoms with van der Waals surface area (Å²) in [7, 11) is 1.76. The lowest BCUT2D eigenvalue weighted by molar-refractivity contribution is 0.0776. The number of nitrogens with zero attached hydrogens (tertiary/aromatic N) is 5. The fourth-order valence-corrected chi connectivity index (χ4v) is 3.40. The zero-order valence-corrected chi connectivity index (χ0v) is 18.3. The van der Waals surface area contributed by atoms with Gasteiger partial charge in [0.15, 0.2) is 12.4 Å². The molecule has 3 aromatic rings. The molecule has 0 aliphatic rings. The molecule has 0 N–H and O–H groups in total. The molecule has 7 nitrogen and oxygen atoms in total. The van der Waals surface area contributed by atoms with Crippen LogP contribution in [-0.4, -0.2) is 37.4 Å². The van der Waals surface area contributed by atoms with Crippen LogP contribution >= 0.6 is 23.2 Å². The second-order valence-corrected chi connectivity index (χ2v) is 7.48. The molecular formula is C20H23Cl2N5O2. The van der Waals surface area contributed by atoms with Crippen molar-refractivity contribution in [2.24, 2.45) is 0 Å². The fraction of sp³-hybridized carbons (Fsp3) is 0.350. The van der Waals surface area contributed by atoms with Gasteiger partial charge in [-0.15, -0.1) is 0 Å². The first-order chi connectivity index (χ1) is 13.8. The third kappa shape index (κ3) is 4.57. The number of rotatable bonds is 7. The van der Waals surface area contributed by atoms with Crippen molar-refractivity contribution in [3.63, 3.8) is 0 Å². The summed E-state index contributed by atoms with van der Waals surface area (Å²) in [6, 6.07) is 6.82. The van der Waals surface area contributed by atoms with Crippen LogP contribution in [0.1, 0.15) is 34.4 Å². The molecule has 0 unspecified atom stereocenters. The molecule has 0 bridgehead atoms. The molecule has 154 valence electrons. The molecule has 0 saturated heterocycles. The van der Waals surface area contributed by atoms with Gasteiger partial charge in [0.1, 0.15) is 10.8 Å². The summed E-state index contributed by atoms with van der Waals surface area (Å²) in [6.07, 6.45) is 1.69. The third-order valence-electron chi connectivity index (χ3n) is 4.70. The predicted molar refractivity (Wildman–Crippen MR) is 112 cm³/mol. The van der Waals surface area contributed by atoms with Crippen LogP contribution < -0.4 is 4.74 Å². The number of carbonyl (C=O) groups excluding carboxylic acids is 1. The maximum atomic E-state index is 12.8. The van der Waals surface area contributed by atoms with Crippen LogP contribution in [0.5, 0.6) is 5.75 Å². The van der Waals surface area contributed by atoms with Crippen molar-refractivity contribution >= 4 is 29.1 Å². The van der Waals surface area contributed by atoms with Crippen LogP contribution in [0, 0.1) is 13.8 Å². The van der Waals surface area contributed by atoms with E-state index in [1.54, 1.807) is 42.4 Å². The van der Waals surface area contributed by atoms with E-state index < -0.39 is 0 Å². The molecule has 2 heterocycles. The average molecular weight is 436 g/mol. The molecule has 9 heteroatoms. The number of hydrogen-bond acceptors (Lipinski definition) is 4. The van der Waals surface area contributed by atoms with E-state index in [9.17, 15) is 4.79 Å². The molecule has 0 saturated carbocycles. The van der Waals surface area contributed by atoms with Crippen LogP contribution in [-0.2, 0) is 19.8 Å². The van der Waals surface area contributed by atoms with Crippen LogP contribution in [0.3, 0.4) is 0 Å². The fourth-order valence-electron chi connectivity index (χ4n) is 3.05. The van der Waals surface area contributed by atoms with Crippen LogP contribution in [0.15, 0.2) is 30.5 Å². The van der Waals surface area contributed by atoms with Gasteiger partial charge in [0.05, 0.1) is 10.7 Å². The van der Waals surface area contributed by atoms with Crippen molar-refractivity contribution in [3.05, 3.63) is 63.2 Å². The summed E-state index contributed by atoms with van der Waals surface area (Å²) < 4.78 is 9.12. The highest BCUT2D eigenvalue weighted by atomic mass is 35.5. The highest BCUT2D eigenvalue weighted by molar-refractivity contribution is 6.42. The zero-order valence-electron chi connectivity index (χ0n) is 16.8. The minimum absolute atomic E-state index is 0.110. The lowest BCUT2D eigenvalue weighted by atomic mass is 10.2. The van der Waals surface area contributed by atoms with Gasteiger partial charge in [-0.05, 0) is 39.0 Å². The number of aryl methyl sites for hydroxylation is 2. The zero-order chi connectivity index (χ0) is 21.1. The van der Waals surface area contributed by atoms with Crippen LogP contribution in [0.2, 0.25) is 10.0 Å².